The van der Waals surface area contributed by atoms with Gasteiger partial charge in [-0.15, -0.1) is 0 Å². The topological polar surface area (TPSA) is 86.7 Å². The highest BCUT2D eigenvalue weighted by Crippen LogP contribution is 2.49. The van der Waals surface area contributed by atoms with Gasteiger partial charge in [0.15, 0.2) is 0 Å². The molecule has 0 saturated carbocycles. The van der Waals surface area contributed by atoms with Crippen LogP contribution in [0.1, 0.15) is 35.1 Å². The first-order valence-electron chi connectivity index (χ1n) is 12.4. The van der Waals surface area contributed by atoms with Gasteiger partial charge in [0.1, 0.15) is 0 Å². The highest BCUT2D eigenvalue weighted by atomic mass is 32.2. The first-order chi connectivity index (χ1) is 17.8. The van der Waals surface area contributed by atoms with Gasteiger partial charge in [0.25, 0.3) is 0 Å². The van der Waals surface area contributed by atoms with Gasteiger partial charge in [0, 0.05) is 56.5 Å². The van der Waals surface area contributed by atoms with Crippen LogP contribution in [0.3, 0.4) is 0 Å². The molecule has 3 aliphatic heterocycles. The van der Waals surface area contributed by atoms with E-state index >= 15 is 0 Å². The lowest BCUT2D eigenvalue weighted by atomic mass is 9.74. The largest absolute Gasteiger partial charge is 0.372 e. The van der Waals surface area contributed by atoms with Crippen LogP contribution in [0.25, 0.3) is 5.57 Å². The number of pyridine rings is 2. The number of sulfonamides is 1. The number of aromatic nitrogens is 2. The Hall–Kier alpha value is -3.56. The molecular formula is C28H29N5O3S. The minimum Gasteiger partial charge on any atom is -0.372 e. The van der Waals surface area contributed by atoms with Crippen molar-refractivity contribution in [2.45, 2.75) is 24.8 Å². The molecule has 0 aliphatic carbocycles. The Morgan fingerprint density at radius 3 is 2.41 bits per heavy atom. The van der Waals surface area contributed by atoms with E-state index in [-0.39, 0.29) is 5.91 Å². The molecule has 6 rings (SSSR count). The minimum absolute atomic E-state index is 0.0255. The number of piperidine rings is 1. The standard InChI is InChI=1S/C28H29N5O3S/c1-31-18-21-5-3-4-6-22(21)26(20-7-12-29-13-8-20)25(31)19-33-24-17-30-14-9-23(24)28(27(33)34)10-15-32(16-11-28)37(2,35)36/h3-9,12-14,17H,10-11,15-16,18-19H2,1-2H3. The smallest absolute Gasteiger partial charge is 0.238 e. The van der Waals surface area contributed by atoms with Crippen LogP contribution in [0.5, 0.6) is 0 Å². The van der Waals surface area contributed by atoms with Crippen LogP contribution >= 0.6 is 0 Å². The van der Waals surface area contributed by atoms with Gasteiger partial charge in [-0.1, -0.05) is 24.3 Å². The van der Waals surface area contributed by atoms with Crippen molar-refractivity contribution < 1.29 is 13.2 Å². The third kappa shape index (κ3) is 3.84. The lowest BCUT2D eigenvalue weighted by Crippen LogP contribution is -2.50. The maximum atomic E-state index is 14.2. The predicted octanol–water partition coefficient (Wildman–Crippen LogP) is 3.02. The van der Waals surface area contributed by atoms with E-state index in [2.05, 4.69) is 40.1 Å². The Morgan fingerprint density at radius 1 is 0.973 bits per heavy atom. The van der Waals surface area contributed by atoms with Crippen molar-refractivity contribution in [1.29, 1.82) is 0 Å². The molecular weight excluding hydrogens is 486 g/mol. The Bertz CT molecular complexity index is 1510. The molecule has 37 heavy (non-hydrogen) atoms. The van der Waals surface area contributed by atoms with E-state index in [1.54, 1.807) is 24.8 Å². The summed E-state index contributed by atoms with van der Waals surface area (Å²) in [5, 5.41) is 0. The number of hydrogen-bond donors (Lipinski definition) is 0. The van der Waals surface area contributed by atoms with Crippen molar-refractivity contribution in [2.75, 3.05) is 37.8 Å². The van der Waals surface area contributed by atoms with Crippen molar-refractivity contribution >= 4 is 27.2 Å². The van der Waals surface area contributed by atoms with Gasteiger partial charge in [-0.3, -0.25) is 14.8 Å². The second-order valence-electron chi connectivity index (χ2n) is 10.1. The van der Waals surface area contributed by atoms with Crippen molar-refractivity contribution in [2.24, 2.45) is 0 Å². The fourth-order valence-corrected chi connectivity index (χ4v) is 6.96. The monoisotopic (exact) mass is 515 g/mol. The van der Waals surface area contributed by atoms with E-state index in [1.807, 2.05) is 29.2 Å². The molecule has 2 aromatic heterocycles. The van der Waals surface area contributed by atoms with Crippen molar-refractivity contribution in [3.8, 4) is 0 Å². The number of carbonyl (C=O) groups is 1. The lowest BCUT2D eigenvalue weighted by Gasteiger charge is -2.38. The summed E-state index contributed by atoms with van der Waals surface area (Å²) in [4.78, 5) is 26.9. The second kappa shape index (κ2) is 8.78. The molecule has 3 aliphatic rings. The van der Waals surface area contributed by atoms with Gasteiger partial charge in [-0.05, 0) is 53.3 Å². The normalized spacial score (nSPS) is 19.4. The van der Waals surface area contributed by atoms with Crippen molar-refractivity contribution in [3.63, 3.8) is 0 Å². The molecule has 0 atom stereocenters. The lowest BCUT2D eigenvalue weighted by molar-refractivity contribution is -0.124. The molecule has 1 aromatic carbocycles. The molecule has 3 aromatic rings. The van der Waals surface area contributed by atoms with Gasteiger partial charge in [0.05, 0.1) is 30.1 Å². The van der Waals surface area contributed by atoms with E-state index in [0.29, 0.717) is 32.5 Å². The third-order valence-corrected chi connectivity index (χ3v) is 9.33. The number of anilines is 1. The fraction of sp³-hybridized carbons (Fsp3) is 0.321. The molecule has 1 saturated heterocycles. The molecule has 1 amide bonds. The molecule has 8 nitrogen and oxygen atoms in total. The maximum absolute atomic E-state index is 14.2. The number of likely N-dealkylation sites (N-methyl/N-ethyl adjacent to an activating group) is 1. The first-order valence-corrected chi connectivity index (χ1v) is 14.3. The van der Waals surface area contributed by atoms with Gasteiger partial charge < -0.3 is 9.80 Å². The molecule has 0 unspecified atom stereocenters. The summed E-state index contributed by atoms with van der Waals surface area (Å²) < 4.78 is 25.8. The Balaban J connectivity index is 1.44. The minimum atomic E-state index is -3.30. The van der Waals surface area contributed by atoms with E-state index < -0.39 is 15.4 Å². The fourth-order valence-electron chi connectivity index (χ4n) is 6.12. The van der Waals surface area contributed by atoms with E-state index in [0.717, 1.165) is 40.2 Å². The van der Waals surface area contributed by atoms with Crippen LogP contribution in [0.4, 0.5) is 5.69 Å². The molecule has 5 heterocycles. The van der Waals surface area contributed by atoms with Gasteiger partial charge >= 0.3 is 0 Å². The van der Waals surface area contributed by atoms with E-state index in [4.69, 9.17) is 0 Å². The van der Waals surface area contributed by atoms with E-state index in [9.17, 15) is 13.2 Å². The number of nitrogens with zero attached hydrogens (tertiary/aromatic N) is 5. The molecule has 0 bridgehead atoms. The Labute approximate surface area is 217 Å². The molecule has 1 spiro atoms. The average Bonchev–Trinajstić information content (AvgIpc) is 3.12. The SMILES string of the molecule is CN1Cc2ccccc2C(c2ccncc2)=C1CN1C(=O)C2(CCN(S(C)(=O)=O)CC2)c2ccncc21. The van der Waals surface area contributed by atoms with Gasteiger partial charge in [-0.25, -0.2) is 12.7 Å². The van der Waals surface area contributed by atoms with Crippen LogP contribution in [0, 0.1) is 0 Å². The summed E-state index contributed by atoms with van der Waals surface area (Å²) in [6, 6.07) is 14.3. The summed E-state index contributed by atoms with van der Waals surface area (Å²) in [6.45, 7) is 1.81. The predicted molar refractivity (Wildman–Crippen MR) is 142 cm³/mol. The zero-order chi connectivity index (χ0) is 25.8. The number of benzene rings is 1. The van der Waals surface area contributed by atoms with Gasteiger partial charge in [0.2, 0.25) is 15.9 Å². The maximum Gasteiger partial charge on any atom is 0.238 e. The number of fused-ring (bicyclic) bond motifs is 3. The molecule has 0 radical (unpaired) electrons. The summed E-state index contributed by atoms with van der Waals surface area (Å²) >= 11 is 0. The Kier molecular flexibility index (Phi) is 5.65. The van der Waals surface area contributed by atoms with Crippen LogP contribution in [0.2, 0.25) is 0 Å². The number of amides is 1. The quantitative estimate of drug-likeness (QED) is 0.531. The first kappa shape index (κ1) is 23.8. The Morgan fingerprint density at radius 2 is 1.68 bits per heavy atom. The van der Waals surface area contributed by atoms with E-state index in [1.165, 1.54) is 16.1 Å². The molecule has 190 valence electrons. The van der Waals surface area contributed by atoms with Crippen molar-refractivity contribution in [1.82, 2.24) is 19.2 Å². The third-order valence-electron chi connectivity index (χ3n) is 8.03. The molecule has 9 heteroatoms. The van der Waals surface area contributed by atoms with Gasteiger partial charge in [-0.2, -0.15) is 0 Å². The summed E-state index contributed by atoms with van der Waals surface area (Å²) in [5.41, 5.74) is 6.63. The zero-order valence-electron chi connectivity index (χ0n) is 21.0. The second-order valence-corrected chi connectivity index (χ2v) is 12.1. The highest BCUT2D eigenvalue weighted by molar-refractivity contribution is 7.88. The molecule has 0 N–H and O–H groups in total. The average molecular weight is 516 g/mol. The van der Waals surface area contributed by atoms with Crippen LogP contribution < -0.4 is 4.90 Å². The number of hydrogen-bond acceptors (Lipinski definition) is 6. The van der Waals surface area contributed by atoms with Crippen LogP contribution in [-0.2, 0) is 26.8 Å². The number of carbonyl (C=O) groups excluding carboxylic acids is 1. The zero-order valence-corrected chi connectivity index (χ0v) is 21.8. The van der Waals surface area contributed by atoms with Crippen LogP contribution in [-0.4, -0.2) is 66.4 Å². The number of rotatable bonds is 4. The summed E-state index contributed by atoms with van der Waals surface area (Å²) in [7, 11) is -1.23. The summed E-state index contributed by atoms with van der Waals surface area (Å²) in [5.74, 6) is 0.0255. The molecule has 1 fully saturated rings. The highest BCUT2D eigenvalue weighted by Gasteiger charge is 2.53. The summed E-state index contributed by atoms with van der Waals surface area (Å²) in [6.07, 6.45) is 9.24. The van der Waals surface area contributed by atoms with Crippen molar-refractivity contribution in [3.05, 3.63) is 95.2 Å². The van der Waals surface area contributed by atoms with Crippen LogP contribution in [0.15, 0.2) is 72.9 Å².